The van der Waals surface area contributed by atoms with E-state index in [1.807, 2.05) is 26.0 Å². The highest BCUT2D eigenvalue weighted by molar-refractivity contribution is 9.10. The van der Waals surface area contributed by atoms with Crippen molar-refractivity contribution < 1.29 is 23.5 Å². The lowest BCUT2D eigenvalue weighted by Gasteiger charge is -2.16. The van der Waals surface area contributed by atoms with Crippen molar-refractivity contribution in [1.29, 1.82) is 0 Å². The van der Waals surface area contributed by atoms with E-state index in [1.54, 1.807) is 12.1 Å². The smallest absolute Gasteiger partial charge is 0.289 e. The van der Waals surface area contributed by atoms with E-state index in [1.165, 1.54) is 17.0 Å². The van der Waals surface area contributed by atoms with E-state index >= 15 is 0 Å². The van der Waals surface area contributed by atoms with Crippen LogP contribution in [0.25, 0.3) is 0 Å². The number of carbonyl (C=O) groups excluding carboxylic acids is 2. The third kappa shape index (κ3) is 5.11. The van der Waals surface area contributed by atoms with Gasteiger partial charge in [-0.15, -0.1) is 0 Å². The SMILES string of the molecule is CCOc1cc(Br)c(C[C@H]2SC(=O)N(Cc3ccc(F)cc3)C2=O)cc1OCC. The van der Waals surface area contributed by atoms with Crippen LogP contribution in [0.4, 0.5) is 9.18 Å². The summed E-state index contributed by atoms with van der Waals surface area (Å²) in [7, 11) is 0. The van der Waals surface area contributed by atoms with E-state index in [0.29, 0.717) is 36.7 Å². The number of amides is 2. The van der Waals surface area contributed by atoms with Crippen LogP contribution in [-0.2, 0) is 17.8 Å². The highest BCUT2D eigenvalue weighted by Gasteiger charge is 2.39. The predicted molar refractivity (Wildman–Crippen MR) is 114 cm³/mol. The minimum absolute atomic E-state index is 0.135. The van der Waals surface area contributed by atoms with Gasteiger partial charge in [0, 0.05) is 4.47 Å². The number of thioether (sulfide) groups is 1. The average molecular weight is 482 g/mol. The summed E-state index contributed by atoms with van der Waals surface area (Å²) in [4.78, 5) is 26.4. The first-order valence-electron chi connectivity index (χ1n) is 9.27. The summed E-state index contributed by atoms with van der Waals surface area (Å²) in [5.74, 6) is 0.635. The van der Waals surface area contributed by atoms with E-state index in [-0.39, 0.29) is 23.5 Å². The van der Waals surface area contributed by atoms with Crippen molar-refractivity contribution in [2.24, 2.45) is 0 Å². The van der Waals surface area contributed by atoms with Crippen LogP contribution in [-0.4, -0.2) is 34.5 Å². The van der Waals surface area contributed by atoms with Crippen LogP contribution in [0.3, 0.4) is 0 Å². The van der Waals surface area contributed by atoms with Gasteiger partial charge in [0.1, 0.15) is 5.82 Å². The minimum Gasteiger partial charge on any atom is -0.490 e. The average Bonchev–Trinajstić information content (AvgIpc) is 2.95. The monoisotopic (exact) mass is 481 g/mol. The number of carbonyl (C=O) groups is 2. The number of ether oxygens (including phenoxy) is 2. The number of imide groups is 1. The lowest BCUT2D eigenvalue weighted by atomic mass is 10.1. The molecule has 5 nitrogen and oxygen atoms in total. The molecule has 0 bridgehead atoms. The normalized spacial score (nSPS) is 16.4. The molecule has 1 aliphatic rings. The molecule has 1 fully saturated rings. The molecule has 2 amide bonds. The van der Waals surface area contributed by atoms with Crippen molar-refractivity contribution in [3.8, 4) is 11.5 Å². The van der Waals surface area contributed by atoms with E-state index in [0.717, 1.165) is 21.8 Å². The zero-order valence-corrected chi connectivity index (χ0v) is 18.5. The third-order valence-electron chi connectivity index (χ3n) is 4.38. The topological polar surface area (TPSA) is 55.8 Å². The molecule has 8 heteroatoms. The lowest BCUT2D eigenvalue weighted by Crippen LogP contribution is -2.31. The molecule has 0 saturated carbocycles. The largest absolute Gasteiger partial charge is 0.490 e. The number of benzene rings is 2. The highest BCUT2D eigenvalue weighted by Crippen LogP contribution is 2.37. The van der Waals surface area contributed by atoms with Crippen LogP contribution in [0.5, 0.6) is 11.5 Å². The molecule has 0 radical (unpaired) electrons. The number of hydrogen-bond acceptors (Lipinski definition) is 5. The molecule has 0 N–H and O–H groups in total. The fraction of sp³-hybridized carbons (Fsp3) is 0.333. The minimum atomic E-state index is -0.522. The zero-order valence-electron chi connectivity index (χ0n) is 16.1. The molecular formula is C21H21BrFNO4S. The van der Waals surface area contributed by atoms with Gasteiger partial charge in [0.2, 0.25) is 5.91 Å². The van der Waals surface area contributed by atoms with Crippen molar-refractivity contribution in [3.05, 3.63) is 57.8 Å². The van der Waals surface area contributed by atoms with E-state index in [9.17, 15) is 14.0 Å². The van der Waals surface area contributed by atoms with Gasteiger partial charge in [0.15, 0.2) is 11.5 Å². The summed E-state index contributed by atoms with van der Waals surface area (Å²) >= 11 is 4.54. The van der Waals surface area contributed by atoms with Crippen LogP contribution >= 0.6 is 27.7 Å². The molecule has 0 aromatic heterocycles. The second kappa shape index (κ2) is 9.63. The molecule has 1 saturated heterocycles. The summed E-state index contributed by atoms with van der Waals surface area (Å²) in [5.41, 5.74) is 1.56. The Morgan fingerprint density at radius 3 is 2.31 bits per heavy atom. The molecule has 1 atom stereocenters. The Labute approximate surface area is 181 Å². The Morgan fingerprint density at radius 2 is 1.69 bits per heavy atom. The Hall–Kier alpha value is -2.06. The Kier molecular flexibility index (Phi) is 7.18. The number of rotatable bonds is 8. The predicted octanol–water partition coefficient (Wildman–Crippen LogP) is 5.19. The highest BCUT2D eigenvalue weighted by atomic mass is 79.9. The number of nitrogens with zero attached hydrogens (tertiary/aromatic N) is 1. The standard InChI is InChI=1S/C21H21BrFNO4S/c1-3-27-17-9-14(16(22)11-18(17)28-4-2)10-19-20(25)24(21(26)29-19)12-13-5-7-15(23)8-6-13/h5-9,11,19H,3-4,10,12H2,1-2H3/t19-/m1/s1. The second-order valence-corrected chi connectivity index (χ2v) is 8.39. The Balaban J connectivity index is 1.76. The summed E-state index contributed by atoms with van der Waals surface area (Å²) in [6.45, 7) is 4.92. The van der Waals surface area contributed by atoms with Crippen LogP contribution < -0.4 is 9.47 Å². The van der Waals surface area contributed by atoms with Crippen molar-refractivity contribution in [2.45, 2.75) is 32.1 Å². The molecule has 0 aliphatic carbocycles. The van der Waals surface area contributed by atoms with Crippen LogP contribution in [0, 0.1) is 5.82 Å². The van der Waals surface area contributed by atoms with Crippen LogP contribution in [0.2, 0.25) is 0 Å². The summed E-state index contributed by atoms with van der Waals surface area (Å²) in [5, 5.41) is -0.817. The molecular weight excluding hydrogens is 461 g/mol. The van der Waals surface area contributed by atoms with Crippen LogP contribution in [0.15, 0.2) is 40.9 Å². The maximum atomic E-state index is 13.1. The van der Waals surface area contributed by atoms with Gasteiger partial charge in [-0.25, -0.2) is 4.39 Å². The molecule has 2 aromatic carbocycles. The maximum absolute atomic E-state index is 13.1. The molecule has 0 unspecified atom stereocenters. The van der Waals surface area contributed by atoms with Crippen molar-refractivity contribution in [3.63, 3.8) is 0 Å². The Morgan fingerprint density at radius 1 is 1.07 bits per heavy atom. The van der Waals surface area contributed by atoms with Crippen LogP contribution in [0.1, 0.15) is 25.0 Å². The van der Waals surface area contributed by atoms with Gasteiger partial charge in [0.05, 0.1) is 25.0 Å². The van der Waals surface area contributed by atoms with E-state index in [4.69, 9.17) is 9.47 Å². The van der Waals surface area contributed by atoms with Gasteiger partial charge in [-0.2, -0.15) is 0 Å². The molecule has 154 valence electrons. The number of hydrogen-bond donors (Lipinski definition) is 0. The van der Waals surface area contributed by atoms with Crippen molar-refractivity contribution >= 4 is 38.8 Å². The van der Waals surface area contributed by atoms with E-state index < -0.39 is 5.25 Å². The van der Waals surface area contributed by atoms with Gasteiger partial charge >= 0.3 is 0 Å². The molecule has 29 heavy (non-hydrogen) atoms. The van der Waals surface area contributed by atoms with Gasteiger partial charge in [0.25, 0.3) is 5.24 Å². The van der Waals surface area contributed by atoms with Gasteiger partial charge in [-0.1, -0.05) is 39.8 Å². The van der Waals surface area contributed by atoms with Gasteiger partial charge in [-0.3, -0.25) is 14.5 Å². The molecule has 0 spiro atoms. The molecule has 3 rings (SSSR count). The lowest BCUT2D eigenvalue weighted by molar-refractivity contribution is -0.127. The summed E-state index contributed by atoms with van der Waals surface area (Å²) < 4.78 is 25.1. The third-order valence-corrected chi connectivity index (χ3v) is 6.19. The fourth-order valence-corrected chi connectivity index (χ4v) is 4.51. The Bertz CT molecular complexity index is 906. The first-order valence-corrected chi connectivity index (χ1v) is 10.9. The van der Waals surface area contributed by atoms with Gasteiger partial charge in [-0.05, 0) is 55.7 Å². The van der Waals surface area contributed by atoms with Gasteiger partial charge < -0.3 is 9.47 Å². The molecule has 1 aliphatic heterocycles. The van der Waals surface area contributed by atoms with E-state index in [2.05, 4.69) is 15.9 Å². The molecule has 1 heterocycles. The quantitative estimate of drug-likeness (QED) is 0.518. The summed E-state index contributed by atoms with van der Waals surface area (Å²) in [6, 6.07) is 9.46. The number of halogens is 2. The first kappa shape index (κ1) is 21.6. The van der Waals surface area contributed by atoms with Crippen molar-refractivity contribution in [2.75, 3.05) is 13.2 Å². The first-order chi connectivity index (χ1) is 13.9. The summed E-state index contributed by atoms with van der Waals surface area (Å²) in [6.07, 6.45) is 0.377. The van der Waals surface area contributed by atoms with Crippen molar-refractivity contribution in [1.82, 2.24) is 4.90 Å². The zero-order chi connectivity index (χ0) is 21.0. The maximum Gasteiger partial charge on any atom is 0.289 e. The fourth-order valence-electron chi connectivity index (χ4n) is 3.01. The second-order valence-electron chi connectivity index (χ2n) is 6.38. The molecule has 2 aromatic rings.